The lowest BCUT2D eigenvalue weighted by atomic mass is 10.3. The van der Waals surface area contributed by atoms with Gasteiger partial charge in [-0.3, -0.25) is 19.9 Å². The minimum absolute atomic E-state index is 0.182. The highest BCUT2D eigenvalue weighted by Crippen LogP contribution is 2.13. The van der Waals surface area contributed by atoms with Gasteiger partial charge in [-0.2, -0.15) is 5.10 Å². The lowest BCUT2D eigenvalue weighted by Gasteiger charge is -2.07. The number of nitrogens with one attached hydrogen (secondary N) is 2. The molecule has 0 aliphatic heterocycles. The van der Waals surface area contributed by atoms with Crippen LogP contribution in [0.3, 0.4) is 0 Å². The molecule has 0 aliphatic rings. The van der Waals surface area contributed by atoms with E-state index in [0.717, 1.165) is 16.9 Å². The molecule has 0 saturated carbocycles. The van der Waals surface area contributed by atoms with Crippen LogP contribution in [0.25, 0.3) is 5.69 Å². The summed E-state index contributed by atoms with van der Waals surface area (Å²) in [5.41, 5.74) is 5.38. The molecule has 0 fully saturated rings. The van der Waals surface area contributed by atoms with Crippen LogP contribution < -0.4 is 16.3 Å². The number of hydrogen-bond acceptors (Lipinski definition) is 4. The van der Waals surface area contributed by atoms with Crippen LogP contribution in [0.2, 0.25) is 0 Å². The van der Waals surface area contributed by atoms with Crippen molar-refractivity contribution in [3.8, 4) is 5.69 Å². The van der Waals surface area contributed by atoms with E-state index < -0.39 is 0 Å². The van der Waals surface area contributed by atoms with E-state index in [-0.39, 0.29) is 10.7 Å². The van der Waals surface area contributed by atoms with Gasteiger partial charge in [0.15, 0.2) is 5.11 Å². The van der Waals surface area contributed by atoms with Crippen LogP contribution in [-0.4, -0.2) is 25.7 Å². The van der Waals surface area contributed by atoms with Crippen molar-refractivity contribution in [2.24, 2.45) is 12.1 Å². The Hall–Kier alpha value is -3.26. The Bertz CT molecular complexity index is 992. The maximum atomic E-state index is 12.8. The quantitative estimate of drug-likeness (QED) is 0.421. The minimum Gasteiger partial charge on any atom is -0.325 e. The number of thiocarbonyl (C=S) groups is 1. The van der Waals surface area contributed by atoms with Gasteiger partial charge in [-0.15, -0.1) is 0 Å². The van der Waals surface area contributed by atoms with Crippen molar-refractivity contribution in [2.45, 2.75) is 6.92 Å². The Morgan fingerprint density at radius 1 is 1.19 bits per heavy atom. The first-order chi connectivity index (χ1) is 12.6. The van der Waals surface area contributed by atoms with Crippen LogP contribution in [0, 0.1) is 6.92 Å². The number of pyridine rings is 1. The van der Waals surface area contributed by atoms with E-state index in [1.165, 1.54) is 0 Å². The van der Waals surface area contributed by atoms with Gasteiger partial charge in [-0.05, 0) is 49.0 Å². The predicted octanol–water partition coefficient (Wildman–Crippen LogP) is 2.20. The zero-order chi connectivity index (χ0) is 18.5. The molecular formula is C18H18N6OS. The van der Waals surface area contributed by atoms with Crippen molar-refractivity contribution in [2.75, 3.05) is 5.32 Å². The summed E-state index contributed by atoms with van der Waals surface area (Å²) in [4.78, 5) is 16.7. The molecule has 0 amide bonds. The normalized spacial score (nSPS) is 10.8. The Balaban J connectivity index is 1.77. The van der Waals surface area contributed by atoms with Gasteiger partial charge in [0.05, 0.1) is 17.6 Å². The summed E-state index contributed by atoms with van der Waals surface area (Å²) in [6.45, 7) is 1.85. The molecular weight excluding hydrogens is 348 g/mol. The van der Waals surface area contributed by atoms with E-state index in [2.05, 4.69) is 20.8 Å². The molecule has 7 nitrogen and oxygen atoms in total. The second kappa shape index (κ2) is 7.75. The average Bonchev–Trinajstić information content (AvgIpc) is 2.87. The zero-order valence-corrected chi connectivity index (χ0v) is 15.2. The van der Waals surface area contributed by atoms with Gasteiger partial charge in [0.1, 0.15) is 5.69 Å². The highest BCUT2D eigenvalue weighted by atomic mass is 32.1. The molecule has 2 heterocycles. The molecule has 2 N–H and O–H groups in total. The number of nitrogens with zero attached hydrogens (tertiary/aromatic N) is 4. The summed E-state index contributed by atoms with van der Waals surface area (Å²) >= 11 is 5.23. The number of rotatable bonds is 4. The Labute approximate surface area is 156 Å². The maximum absolute atomic E-state index is 12.8. The molecule has 1 aromatic carbocycles. The van der Waals surface area contributed by atoms with Gasteiger partial charge in [0, 0.05) is 19.4 Å². The SMILES string of the molecule is Cc1c(NC(=S)N/N=C\c2ccncc2)c(=O)n(-c2ccccc2)n1C. The summed E-state index contributed by atoms with van der Waals surface area (Å²) in [6, 6.07) is 13.1. The first kappa shape index (κ1) is 17.6. The maximum Gasteiger partial charge on any atom is 0.295 e. The number of benzene rings is 1. The highest BCUT2D eigenvalue weighted by molar-refractivity contribution is 7.80. The second-order valence-electron chi connectivity index (χ2n) is 5.54. The molecule has 3 aromatic rings. The number of hydrazone groups is 1. The predicted molar refractivity (Wildman–Crippen MR) is 107 cm³/mol. The molecule has 2 aromatic heterocycles. The fourth-order valence-electron chi connectivity index (χ4n) is 2.47. The fourth-order valence-corrected chi connectivity index (χ4v) is 2.62. The van der Waals surface area contributed by atoms with Gasteiger partial charge in [0.2, 0.25) is 0 Å². The fraction of sp³-hybridized carbons (Fsp3) is 0.111. The average molecular weight is 366 g/mol. The van der Waals surface area contributed by atoms with Gasteiger partial charge in [-0.1, -0.05) is 18.2 Å². The molecule has 0 saturated heterocycles. The lowest BCUT2D eigenvalue weighted by molar-refractivity contribution is 0.630. The smallest absolute Gasteiger partial charge is 0.295 e. The van der Waals surface area contributed by atoms with Crippen molar-refractivity contribution in [3.05, 3.63) is 76.5 Å². The van der Waals surface area contributed by atoms with E-state index >= 15 is 0 Å². The van der Waals surface area contributed by atoms with E-state index in [1.807, 2.05) is 56.4 Å². The van der Waals surface area contributed by atoms with Crippen molar-refractivity contribution < 1.29 is 0 Å². The van der Waals surface area contributed by atoms with Crippen LogP contribution in [0.15, 0.2) is 64.8 Å². The molecule has 8 heteroatoms. The van der Waals surface area contributed by atoms with Crippen molar-refractivity contribution in [1.29, 1.82) is 0 Å². The summed E-state index contributed by atoms with van der Waals surface area (Å²) in [5, 5.41) is 7.24. The lowest BCUT2D eigenvalue weighted by Crippen LogP contribution is -2.28. The summed E-state index contributed by atoms with van der Waals surface area (Å²) in [7, 11) is 1.83. The number of aromatic nitrogens is 3. The highest BCUT2D eigenvalue weighted by Gasteiger charge is 2.16. The summed E-state index contributed by atoms with van der Waals surface area (Å²) < 4.78 is 3.36. The topological polar surface area (TPSA) is 76.2 Å². The van der Waals surface area contributed by atoms with E-state index in [9.17, 15) is 4.79 Å². The van der Waals surface area contributed by atoms with Crippen molar-refractivity contribution in [3.63, 3.8) is 0 Å². The second-order valence-corrected chi connectivity index (χ2v) is 5.95. The summed E-state index contributed by atoms with van der Waals surface area (Å²) in [5.74, 6) is 0. The standard InChI is InChI=1S/C18H18N6OS/c1-13-16(17(25)24(23(13)2)15-6-4-3-5-7-15)21-18(26)22-20-12-14-8-10-19-11-9-14/h3-12H,1-2H3,(H2,21,22,26)/b20-12-. The van der Waals surface area contributed by atoms with Gasteiger partial charge < -0.3 is 5.32 Å². The molecule has 26 heavy (non-hydrogen) atoms. The molecule has 132 valence electrons. The van der Waals surface area contributed by atoms with Crippen LogP contribution in [0.1, 0.15) is 11.3 Å². The third-order valence-electron chi connectivity index (χ3n) is 3.88. The van der Waals surface area contributed by atoms with E-state index in [1.54, 1.807) is 28.0 Å². The molecule has 0 aliphatic carbocycles. The number of anilines is 1. The molecule has 3 rings (SSSR count). The Kier molecular flexibility index (Phi) is 5.23. The van der Waals surface area contributed by atoms with Crippen LogP contribution in [-0.2, 0) is 7.05 Å². The first-order valence-electron chi connectivity index (χ1n) is 7.92. The van der Waals surface area contributed by atoms with Crippen molar-refractivity contribution in [1.82, 2.24) is 19.8 Å². The number of para-hydroxylation sites is 1. The first-order valence-corrected chi connectivity index (χ1v) is 8.33. The van der Waals surface area contributed by atoms with Crippen LogP contribution >= 0.6 is 12.2 Å². The number of hydrogen-bond donors (Lipinski definition) is 2. The minimum atomic E-state index is -0.182. The van der Waals surface area contributed by atoms with Crippen LogP contribution in [0.5, 0.6) is 0 Å². The molecule has 0 spiro atoms. The monoisotopic (exact) mass is 366 g/mol. The molecule has 0 bridgehead atoms. The van der Waals surface area contributed by atoms with Gasteiger partial charge in [-0.25, -0.2) is 4.68 Å². The third kappa shape index (κ3) is 3.70. The summed E-state index contributed by atoms with van der Waals surface area (Å²) in [6.07, 6.45) is 4.98. The van der Waals surface area contributed by atoms with E-state index in [0.29, 0.717) is 5.69 Å². The van der Waals surface area contributed by atoms with Crippen molar-refractivity contribution >= 4 is 29.2 Å². The van der Waals surface area contributed by atoms with E-state index in [4.69, 9.17) is 12.2 Å². The third-order valence-corrected chi connectivity index (χ3v) is 4.07. The Morgan fingerprint density at radius 3 is 2.58 bits per heavy atom. The van der Waals surface area contributed by atoms with Gasteiger partial charge in [0.25, 0.3) is 5.56 Å². The molecule has 0 atom stereocenters. The van der Waals surface area contributed by atoms with Crippen LogP contribution in [0.4, 0.5) is 5.69 Å². The molecule has 0 radical (unpaired) electrons. The Morgan fingerprint density at radius 2 is 1.88 bits per heavy atom. The largest absolute Gasteiger partial charge is 0.325 e. The van der Waals surface area contributed by atoms with Gasteiger partial charge >= 0.3 is 0 Å². The zero-order valence-electron chi connectivity index (χ0n) is 14.4. The molecule has 0 unspecified atom stereocenters.